The molecule has 7 nitrogen and oxygen atoms in total. The monoisotopic (exact) mass is 647 g/mol. The summed E-state index contributed by atoms with van der Waals surface area (Å²) in [5.74, 6) is 2.60. The molecule has 6 fully saturated rings. The molecular weight excluding hydrogens is 590 g/mol. The van der Waals surface area contributed by atoms with Crippen LogP contribution in [0.15, 0.2) is 46.6 Å². The van der Waals surface area contributed by atoms with Gasteiger partial charge in [0, 0.05) is 41.5 Å². The maximum Gasteiger partial charge on any atom is 0.224 e. The summed E-state index contributed by atoms with van der Waals surface area (Å²) in [6, 6.07) is 3.54. The van der Waals surface area contributed by atoms with Crippen LogP contribution in [-0.4, -0.2) is 75.2 Å². The molecule has 4 bridgehead atoms. The molecule has 1 aromatic rings. The fourth-order valence-electron chi connectivity index (χ4n) is 13.6. The molecule has 1 aromatic heterocycles. The molecule has 0 aromatic carbocycles. The molecule has 7 heteroatoms. The second-order valence-corrected chi connectivity index (χ2v) is 18.3. The number of nitrogens with zero attached hydrogens (tertiary/aromatic N) is 1. The van der Waals surface area contributed by atoms with Crippen LogP contribution in [0, 0.1) is 56.7 Å². The molecule has 10 rings (SSSR count). The first-order valence-electron chi connectivity index (χ1n) is 18.7. The highest BCUT2D eigenvalue weighted by molar-refractivity contribution is 6.08. The SMILES string of the molecule is CC1(C)[C@H]2CC[C@@H](CN(C[C@H](O)CO)C[C@]3(O)CC[C@H]4[C@]56C=C[C@@]7(C=C5C(=O)c5ccco5)CC(O)CC[C@]7(C)[C@H]6CC[C@@]43C)[C@@H]1C2. The molecule has 1 unspecified atom stereocenters. The Morgan fingerprint density at radius 1 is 1.02 bits per heavy atom. The first kappa shape index (κ1) is 32.4. The zero-order valence-corrected chi connectivity index (χ0v) is 29.0. The lowest BCUT2D eigenvalue weighted by Gasteiger charge is -2.71. The number of ketones is 1. The number of Topliss-reactive ketones (excluding diaryl/α,β-unsaturated/α-hetero) is 1. The predicted molar refractivity (Wildman–Crippen MR) is 179 cm³/mol. The number of hydrogen-bond donors (Lipinski definition) is 4. The van der Waals surface area contributed by atoms with Gasteiger partial charge in [-0.3, -0.25) is 9.69 Å². The van der Waals surface area contributed by atoms with Gasteiger partial charge >= 0.3 is 0 Å². The number of aliphatic hydroxyl groups excluding tert-OH is 3. The number of carbonyl (C=O) groups excluding carboxylic acids is 1. The Labute approximate surface area is 280 Å². The minimum Gasteiger partial charge on any atom is -0.461 e. The van der Waals surface area contributed by atoms with E-state index < -0.39 is 22.5 Å². The van der Waals surface area contributed by atoms with Crippen LogP contribution >= 0.6 is 0 Å². The lowest BCUT2D eigenvalue weighted by Crippen LogP contribution is -2.67. The van der Waals surface area contributed by atoms with Gasteiger partial charge in [0.2, 0.25) is 5.78 Å². The smallest absolute Gasteiger partial charge is 0.224 e. The molecule has 0 radical (unpaired) electrons. The normalized spacial score (nSPS) is 47.9. The molecule has 9 aliphatic carbocycles. The van der Waals surface area contributed by atoms with Crippen LogP contribution in [0.1, 0.15) is 102 Å². The first-order valence-corrected chi connectivity index (χ1v) is 18.7. The molecule has 4 N–H and O–H groups in total. The minimum absolute atomic E-state index is 0.0584. The Morgan fingerprint density at radius 3 is 2.47 bits per heavy atom. The van der Waals surface area contributed by atoms with Crippen LogP contribution < -0.4 is 0 Å². The van der Waals surface area contributed by atoms with E-state index >= 15 is 0 Å². The quantitative estimate of drug-likeness (QED) is 0.199. The third-order valence-corrected chi connectivity index (χ3v) is 16.4. The predicted octanol–water partition coefficient (Wildman–Crippen LogP) is 5.78. The second-order valence-electron chi connectivity index (χ2n) is 18.3. The van der Waals surface area contributed by atoms with Crippen molar-refractivity contribution in [1.29, 1.82) is 0 Å². The number of furan rings is 1. The summed E-state index contributed by atoms with van der Waals surface area (Å²) < 4.78 is 5.72. The molecular formula is C40H57NO6. The third kappa shape index (κ3) is 4.25. The van der Waals surface area contributed by atoms with E-state index in [1.165, 1.54) is 19.3 Å². The van der Waals surface area contributed by atoms with Crippen molar-refractivity contribution in [3.8, 4) is 0 Å². The summed E-state index contributed by atoms with van der Waals surface area (Å²) in [5, 5.41) is 44.5. The van der Waals surface area contributed by atoms with E-state index in [4.69, 9.17) is 4.42 Å². The topological polar surface area (TPSA) is 114 Å². The van der Waals surface area contributed by atoms with Crippen molar-refractivity contribution in [2.24, 2.45) is 56.7 Å². The summed E-state index contributed by atoms with van der Waals surface area (Å²) in [6.07, 6.45) is 16.6. The summed E-state index contributed by atoms with van der Waals surface area (Å²) in [6.45, 7) is 10.9. The van der Waals surface area contributed by atoms with Gasteiger partial charge in [-0.15, -0.1) is 0 Å². The van der Waals surface area contributed by atoms with Crippen molar-refractivity contribution in [1.82, 2.24) is 4.90 Å². The van der Waals surface area contributed by atoms with Crippen LogP contribution in [0.25, 0.3) is 0 Å². The van der Waals surface area contributed by atoms with Gasteiger partial charge in [-0.05, 0) is 117 Å². The van der Waals surface area contributed by atoms with E-state index in [0.29, 0.717) is 48.9 Å². The number of hydrogen-bond acceptors (Lipinski definition) is 7. The zero-order valence-electron chi connectivity index (χ0n) is 29.0. The summed E-state index contributed by atoms with van der Waals surface area (Å²) in [4.78, 5) is 16.8. The molecule has 0 aliphatic heterocycles. The van der Waals surface area contributed by atoms with E-state index in [2.05, 4.69) is 50.8 Å². The Kier molecular flexibility index (Phi) is 7.33. The van der Waals surface area contributed by atoms with Crippen molar-refractivity contribution in [2.45, 2.75) is 110 Å². The van der Waals surface area contributed by atoms with Gasteiger partial charge in [-0.1, -0.05) is 45.9 Å². The number of allylic oxidation sites excluding steroid dienone is 4. The Morgan fingerprint density at radius 2 is 1.77 bits per heavy atom. The molecule has 258 valence electrons. The first-order chi connectivity index (χ1) is 22.2. The van der Waals surface area contributed by atoms with Crippen LogP contribution in [0.5, 0.6) is 0 Å². The van der Waals surface area contributed by atoms with Crippen molar-refractivity contribution < 1.29 is 29.6 Å². The number of rotatable bonds is 9. The summed E-state index contributed by atoms with van der Waals surface area (Å²) in [7, 11) is 0. The third-order valence-electron chi connectivity index (χ3n) is 16.4. The Balaban J connectivity index is 1.16. The van der Waals surface area contributed by atoms with Gasteiger partial charge in [0.05, 0.1) is 30.7 Å². The van der Waals surface area contributed by atoms with E-state index in [9.17, 15) is 25.2 Å². The van der Waals surface area contributed by atoms with Crippen molar-refractivity contribution >= 4 is 5.78 Å². The van der Waals surface area contributed by atoms with E-state index in [1.807, 2.05) is 0 Å². The highest BCUT2D eigenvalue weighted by Gasteiger charge is 2.74. The van der Waals surface area contributed by atoms with Crippen LogP contribution in [-0.2, 0) is 0 Å². The minimum atomic E-state index is -0.999. The van der Waals surface area contributed by atoms with Gasteiger partial charge in [0.1, 0.15) is 0 Å². The standard InChI is InChI=1S/C40H57NO6/c1-35(2)26-8-7-25(29(35)18-26)21-41(22-28(44)23-42)24-39(46)14-11-33-37(39,4)13-10-32-36(3)12-9-27(43)19-38(36)15-16-40(32,33)30(20-38)34(45)31-6-5-17-47-31/h5-6,15-17,20,25-29,32-33,42-44,46H,7-14,18-19,21-24H2,1-4H3/t25-,26-,27?,28-,29-,32+,33+,36+,37-,38-,39+,40+/m0/s1. The van der Waals surface area contributed by atoms with Crippen molar-refractivity contribution in [3.05, 3.63) is 48.0 Å². The van der Waals surface area contributed by atoms with Crippen LogP contribution in [0.3, 0.4) is 0 Å². The van der Waals surface area contributed by atoms with Crippen LogP contribution in [0.4, 0.5) is 0 Å². The average molecular weight is 648 g/mol. The summed E-state index contributed by atoms with van der Waals surface area (Å²) in [5.41, 5.74) is -1.27. The van der Waals surface area contributed by atoms with E-state index in [0.717, 1.165) is 50.1 Å². The number of aliphatic hydroxyl groups is 4. The zero-order chi connectivity index (χ0) is 33.2. The van der Waals surface area contributed by atoms with Gasteiger partial charge in [0.25, 0.3) is 0 Å². The fourth-order valence-corrected chi connectivity index (χ4v) is 13.6. The van der Waals surface area contributed by atoms with Crippen molar-refractivity contribution in [3.63, 3.8) is 0 Å². The van der Waals surface area contributed by atoms with Gasteiger partial charge in [0.15, 0.2) is 5.76 Å². The highest BCUT2D eigenvalue weighted by atomic mass is 16.3. The lowest BCUT2D eigenvalue weighted by atomic mass is 9.32. The Hall–Kier alpha value is -1.77. The van der Waals surface area contributed by atoms with Gasteiger partial charge in [-0.25, -0.2) is 0 Å². The van der Waals surface area contributed by atoms with Gasteiger partial charge in [-0.2, -0.15) is 0 Å². The molecule has 0 amide bonds. The second kappa shape index (κ2) is 10.6. The van der Waals surface area contributed by atoms with E-state index in [1.54, 1.807) is 18.4 Å². The maximum atomic E-state index is 14.5. The molecule has 2 spiro atoms. The molecule has 12 atom stereocenters. The average Bonchev–Trinajstić information content (AvgIpc) is 3.67. The number of fused-ring (bicyclic) bond motifs is 3. The molecule has 47 heavy (non-hydrogen) atoms. The molecule has 0 saturated heterocycles. The lowest BCUT2D eigenvalue weighted by molar-refractivity contribution is -0.179. The largest absolute Gasteiger partial charge is 0.461 e. The fraction of sp³-hybridized carbons (Fsp3) is 0.775. The highest BCUT2D eigenvalue weighted by Crippen LogP contribution is 2.78. The molecule has 6 saturated carbocycles. The van der Waals surface area contributed by atoms with Crippen LogP contribution in [0.2, 0.25) is 0 Å². The maximum absolute atomic E-state index is 14.5. The van der Waals surface area contributed by atoms with E-state index in [-0.39, 0.29) is 41.2 Å². The number of carbonyl (C=O) groups is 1. The summed E-state index contributed by atoms with van der Waals surface area (Å²) >= 11 is 0. The Bertz CT molecular complexity index is 1460. The van der Waals surface area contributed by atoms with Crippen molar-refractivity contribution in [2.75, 3.05) is 26.2 Å². The molecule has 9 aliphatic rings. The molecule has 1 heterocycles. The van der Waals surface area contributed by atoms with Gasteiger partial charge < -0.3 is 24.8 Å².